The van der Waals surface area contributed by atoms with Crippen LogP contribution in [0.4, 0.5) is 0 Å². The number of esters is 2. The van der Waals surface area contributed by atoms with Crippen molar-refractivity contribution < 1.29 is 42.1 Å². The SMILES string of the molecule is CC/C=C\C/C=C\C/C=C\C/C=C\C/C=C\C/C=C\CCCCCCCCCCC(=O)OC(COC(=O)CCCCCCCCCCC/C=C\C/C=C\CCCCCCC)COP(=O)(O)OCC[N+](C)(C)C. The first-order chi connectivity index (χ1) is 35.0. The van der Waals surface area contributed by atoms with Crippen molar-refractivity contribution in [2.24, 2.45) is 0 Å². The van der Waals surface area contributed by atoms with Crippen LogP contribution in [0.3, 0.4) is 0 Å². The van der Waals surface area contributed by atoms with Gasteiger partial charge in [-0.3, -0.25) is 18.6 Å². The maximum absolute atomic E-state index is 12.8. The summed E-state index contributed by atoms with van der Waals surface area (Å²) < 4.78 is 34.6. The summed E-state index contributed by atoms with van der Waals surface area (Å²) >= 11 is 0. The molecule has 0 aromatic carbocycles. The van der Waals surface area contributed by atoms with Crippen molar-refractivity contribution in [1.29, 1.82) is 0 Å². The molecule has 0 aliphatic carbocycles. The van der Waals surface area contributed by atoms with Crippen molar-refractivity contribution in [3.63, 3.8) is 0 Å². The number of nitrogens with zero attached hydrogens (tertiary/aromatic N) is 1. The number of likely N-dealkylation sites (N-methyl/N-ethyl adjacent to an activating group) is 1. The minimum atomic E-state index is -4.40. The molecule has 72 heavy (non-hydrogen) atoms. The summed E-state index contributed by atoms with van der Waals surface area (Å²) in [6.45, 7) is 4.30. The number of carbonyl (C=O) groups excluding carboxylic acids is 2. The molecule has 2 unspecified atom stereocenters. The molecule has 0 aromatic heterocycles. The Morgan fingerprint density at radius 1 is 0.444 bits per heavy atom. The first kappa shape index (κ1) is 68.9. The number of phosphoric ester groups is 1. The zero-order valence-electron chi connectivity index (χ0n) is 46.9. The molecule has 0 heterocycles. The molecule has 0 aliphatic rings. The van der Waals surface area contributed by atoms with E-state index < -0.39 is 26.5 Å². The zero-order valence-corrected chi connectivity index (χ0v) is 47.8. The van der Waals surface area contributed by atoms with Crippen LogP contribution in [-0.4, -0.2) is 74.9 Å². The maximum Gasteiger partial charge on any atom is 0.472 e. The summed E-state index contributed by atoms with van der Waals surface area (Å²) in [5.74, 6) is -0.814. The molecule has 2 atom stereocenters. The van der Waals surface area contributed by atoms with Gasteiger partial charge >= 0.3 is 19.8 Å². The van der Waals surface area contributed by atoms with Crippen LogP contribution in [0.1, 0.15) is 232 Å². The van der Waals surface area contributed by atoms with Gasteiger partial charge in [-0.15, -0.1) is 0 Å². The van der Waals surface area contributed by atoms with Gasteiger partial charge in [0.05, 0.1) is 27.7 Å². The lowest BCUT2D eigenvalue weighted by molar-refractivity contribution is -0.870. The summed E-state index contributed by atoms with van der Waals surface area (Å²) in [6, 6.07) is 0. The molecule has 0 rings (SSSR count). The summed E-state index contributed by atoms with van der Waals surface area (Å²) in [7, 11) is 1.46. The lowest BCUT2D eigenvalue weighted by Gasteiger charge is -2.24. The molecule has 0 saturated heterocycles. The lowest BCUT2D eigenvalue weighted by Crippen LogP contribution is -2.37. The highest BCUT2D eigenvalue weighted by molar-refractivity contribution is 7.47. The second-order valence-electron chi connectivity index (χ2n) is 20.3. The van der Waals surface area contributed by atoms with Crippen molar-refractivity contribution in [3.05, 3.63) is 97.2 Å². The third kappa shape index (κ3) is 56.2. The molecule has 0 fully saturated rings. The third-order valence-corrected chi connectivity index (χ3v) is 13.1. The smallest absolute Gasteiger partial charge is 0.462 e. The normalized spacial score (nSPS) is 14.0. The van der Waals surface area contributed by atoms with Gasteiger partial charge in [-0.2, -0.15) is 0 Å². The Morgan fingerprint density at radius 3 is 1.18 bits per heavy atom. The summed E-state index contributed by atoms with van der Waals surface area (Å²) in [4.78, 5) is 35.7. The molecule has 0 aromatic rings. The molecule has 9 nitrogen and oxygen atoms in total. The van der Waals surface area contributed by atoms with E-state index in [4.69, 9.17) is 18.5 Å². The number of hydrogen-bond donors (Lipinski definition) is 1. The fourth-order valence-corrected chi connectivity index (χ4v) is 8.38. The van der Waals surface area contributed by atoms with Crippen LogP contribution in [0, 0.1) is 0 Å². The second-order valence-corrected chi connectivity index (χ2v) is 21.7. The van der Waals surface area contributed by atoms with Crippen LogP contribution < -0.4 is 0 Å². The van der Waals surface area contributed by atoms with Crippen LogP contribution in [0.5, 0.6) is 0 Å². The topological polar surface area (TPSA) is 108 Å². The molecule has 1 N–H and O–H groups in total. The highest BCUT2D eigenvalue weighted by atomic mass is 31.2. The van der Waals surface area contributed by atoms with Crippen molar-refractivity contribution in [3.8, 4) is 0 Å². The van der Waals surface area contributed by atoms with E-state index in [0.717, 1.165) is 89.9 Å². The molecule has 414 valence electrons. The van der Waals surface area contributed by atoms with E-state index in [9.17, 15) is 19.0 Å². The summed E-state index contributed by atoms with van der Waals surface area (Å²) in [5.41, 5.74) is 0. The number of quaternary nitrogens is 1. The highest BCUT2D eigenvalue weighted by Gasteiger charge is 2.27. The van der Waals surface area contributed by atoms with Crippen LogP contribution in [0.2, 0.25) is 0 Å². The Morgan fingerprint density at radius 2 is 0.792 bits per heavy atom. The van der Waals surface area contributed by atoms with Crippen molar-refractivity contribution >= 4 is 19.8 Å². The largest absolute Gasteiger partial charge is 0.472 e. The van der Waals surface area contributed by atoms with Crippen molar-refractivity contribution in [2.45, 2.75) is 238 Å². The quantitative estimate of drug-likeness (QED) is 0.0211. The van der Waals surface area contributed by atoms with Gasteiger partial charge < -0.3 is 18.9 Å². The average Bonchev–Trinajstić information content (AvgIpc) is 3.34. The van der Waals surface area contributed by atoms with E-state index in [2.05, 4.69) is 111 Å². The Bertz CT molecular complexity index is 1540. The minimum Gasteiger partial charge on any atom is -0.462 e. The predicted octanol–water partition coefficient (Wildman–Crippen LogP) is 18.0. The van der Waals surface area contributed by atoms with E-state index >= 15 is 0 Å². The predicted molar refractivity (Wildman–Crippen MR) is 307 cm³/mol. The first-order valence-electron chi connectivity index (χ1n) is 29.0. The number of ether oxygens (including phenoxy) is 2. The van der Waals surface area contributed by atoms with Crippen LogP contribution in [0.15, 0.2) is 97.2 Å². The molecule has 0 saturated carbocycles. The number of unbranched alkanes of at least 4 members (excludes halogenated alkanes) is 22. The number of phosphoric acid groups is 1. The van der Waals surface area contributed by atoms with Crippen LogP contribution in [-0.2, 0) is 32.7 Å². The minimum absolute atomic E-state index is 0.0245. The monoisotopic (exact) mass is 1030 g/mol. The standard InChI is InChI=1S/C62H108NO8P/c1-6-8-10-12-14-16-18-20-22-24-26-28-29-30-31-32-33-35-37-39-41-43-45-47-49-51-53-55-62(65)71-60(59-70-72(66,67)69-57-56-63(3,4)5)58-68-61(64)54-52-50-48-46-44-42-40-38-36-34-27-25-23-21-19-17-15-13-11-9-7-2/h8,10,14,16,19-22,25-28,30-31,33,35,60H,6-7,9,11-13,15,17-18,23-24,29,32,34,36-59H2,1-5H3/p+1/b10-8-,16-14-,21-19-,22-20-,27-25-,28-26-,31-30-,35-33-. The summed E-state index contributed by atoms with van der Waals surface area (Å²) in [6.07, 6.45) is 71.8. The average molecular weight is 1030 g/mol. The van der Waals surface area contributed by atoms with E-state index in [-0.39, 0.29) is 32.0 Å². The van der Waals surface area contributed by atoms with Gasteiger partial charge in [0, 0.05) is 12.8 Å². The van der Waals surface area contributed by atoms with Gasteiger partial charge in [0.1, 0.15) is 19.8 Å². The van der Waals surface area contributed by atoms with Crippen LogP contribution in [0.25, 0.3) is 0 Å². The van der Waals surface area contributed by atoms with Crippen molar-refractivity contribution in [1.82, 2.24) is 0 Å². The van der Waals surface area contributed by atoms with Gasteiger partial charge in [-0.1, -0.05) is 220 Å². The first-order valence-corrected chi connectivity index (χ1v) is 30.5. The molecule has 0 bridgehead atoms. The second kappa shape index (κ2) is 52.8. The molecule has 0 amide bonds. The van der Waals surface area contributed by atoms with Gasteiger partial charge in [0.2, 0.25) is 0 Å². The van der Waals surface area contributed by atoms with Gasteiger partial charge in [-0.25, -0.2) is 4.57 Å². The number of hydrogen-bond acceptors (Lipinski definition) is 7. The highest BCUT2D eigenvalue weighted by Crippen LogP contribution is 2.43. The van der Waals surface area contributed by atoms with Crippen molar-refractivity contribution in [2.75, 3.05) is 47.5 Å². The van der Waals surface area contributed by atoms with E-state index in [1.807, 2.05) is 21.1 Å². The van der Waals surface area contributed by atoms with Crippen LogP contribution >= 0.6 is 7.82 Å². The fourth-order valence-electron chi connectivity index (χ4n) is 7.64. The molecule has 0 radical (unpaired) electrons. The Kier molecular flexibility index (Phi) is 50.5. The van der Waals surface area contributed by atoms with Gasteiger partial charge in [0.25, 0.3) is 0 Å². The molecular weight excluding hydrogens is 918 g/mol. The Labute approximate surface area is 443 Å². The Balaban J connectivity index is 4.23. The molecule has 10 heteroatoms. The lowest BCUT2D eigenvalue weighted by atomic mass is 10.1. The molecule has 0 spiro atoms. The van der Waals surface area contributed by atoms with Gasteiger partial charge in [-0.05, 0) is 96.3 Å². The van der Waals surface area contributed by atoms with E-state index in [1.54, 1.807) is 0 Å². The maximum atomic E-state index is 12.8. The number of rotatable bonds is 52. The number of allylic oxidation sites excluding steroid dienone is 16. The van der Waals surface area contributed by atoms with Gasteiger partial charge in [0.15, 0.2) is 6.10 Å². The molecule has 0 aliphatic heterocycles. The van der Waals surface area contributed by atoms with E-state index in [0.29, 0.717) is 17.4 Å². The fraction of sp³-hybridized carbons (Fsp3) is 0.710. The molecular formula is C62H109NO8P+. The summed E-state index contributed by atoms with van der Waals surface area (Å²) in [5, 5.41) is 0. The third-order valence-electron chi connectivity index (χ3n) is 12.1. The zero-order chi connectivity index (χ0) is 52.7. The Hall–Kier alpha value is -3.07. The number of carbonyl (C=O) groups is 2. The van der Waals surface area contributed by atoms with E-state index in [1.165, 1.54) is 109 Å².